The van der Waals surface area contributed by atoms with Crippen molar-refractivity contribution in [2.45, 2.75) is 32.9 Å². The molecule has 43 heavy (non-hydrogen) atoms. The summed E-state index contributed by atoms with van der Waals surface area (Å²) in [4.78, 5) is 35.1. The van der Waals surface area contributed by atoms with E-state index in [0.29, 0.717) is 17.1 Å². The monoisotopic (exact) mass is 611 g/mol. The molecular weight excluding hydrogens is 581 g/mol. The molecule has 4 aromatic carbocycles. The zero-order valence-electron chi connectivity index (χ0n) is 24.1. The molecule has 0 bridgehead atoms. The van der Waals surface area contributed by atoms with Gasteiger partial charge in [-0.1, -0.05) is 113 Å². The van der Waals surface area contributed by atoms with Crippen molar-refractivity contribution < 1.29 is 14.3 Å². The lowest BCUT2D eigenvalue weighted by molar-refractivity contribution is 0.0999. The van der Waals surface area contributed by atoms with E-state index < -0.39 is 12.0 Å². The molecule has 0 saturated carbocycles. The van der Waals surface area contributed by atoms with Crippen molar-refractivity contribution in [1.82, 2.24) is 9.80 Å². The smallest absolute Gasteiger partial charge is 0.421 e. The van der Waals surface area contributed by atoms with Crippen LogP contribution in [0.25, 0.3) is 6.08 Å². The Hall–Kier alpha value is -4.39. The van der Waals surface area contributed by atoms with Crippen molar-refractivity contribution in [2.75, 3.05) is 7.05 Å². The highest BCUT2D eigenvalue weighted by atomic mass is 35.5. The Labute approximate surface area is 261 Å². The van der Waals surface area contributed by atoms with Gasteiger partial charge in [0, 0.05) is 12.1 Å². The van der Waals surface area contributed by atoms with Crippen LogP contribution in [0, 0.1) is 13.8 Å². The number of aryl methyl sites for hydroxylation is 2. The van der Waals surface area contributed by atoms with Gasteiger partial charge in [0.15, 0.2) is 0 Å². The first kappa shape index (κ1) is 30.1. The molecule has 0 aliphatic carbocycles. The fraction of sp³-hybridized carbons (Fsp3) is 0.171. The first-order chi connectivity index (χ1) is 20.7. The van der Waals surface area contributed by atoms with Crippen LogP contribution in [0.3, 0.4) is 0 Å². The molecule has 8 heteroatoms. The van der Waals surface area contributed by atoms with E-state index in [1.165, 1.54) is 17.0 Å². The van der Waals surface area contributed by atoms with Crippen LogP contribution in [0.5, 0.6) is 0 Å². The Morgan fingerprint density at radius 1 is 0.860 bits per heavy atom. The van der Waals surface area contributed by atoms with E-state index in [2.05, 4.69) is 29.3 Å². The number of nitrogens with zero attached hydrogens (tertiary/aromatic N) is 3. The second-order valence-corrected chi connectivity index (χ2v) is 11.4. The number of halogens is 2. The number of hydrogen-bond donors (Lipinski definition) is 0. The highest BCUT2D eigenvalue weighted by Crippen LogP contribution is 2.32. The molecule has 1 aliphatic rings. The minimum Gasteiger partial charge on any atom is -0.444 e. The molecule has 0 aromatic heterocycles. The second kappa shape index (κ2) is 13.3. The normalized spacial score (nSPS) is 16.6. The zero-order valence-corrected chi connectivity index (χ0v) is 25.6. The maximum absolute atomic E-state index is 13.9. The van der Waals surface area contributed by atoms with Crippen LogP contribution in [0.2, 0.25) is 10.0 Å². The van der Waals surface area contributed by atoms with Crippen molar-refractivity contribution in [3.8, 4) is 0 Å². The van der Waals surface area contributed by atoms with Crippen LogP contribution in [-0.2, 0) is 17.8 Å². The van der Waals surface area contributed by atoms with Gasteiger partial charge in [0.25, 0.3) is 5.91 Å². The number of ether oxygens (including phenoxy) is 1. The summed E-state index contributed by atoms with van der Waals surface area (Å²) >= 11 is 12.4. The minimum absolute atomic E-state index is 0.0601. The number of carbonyl (C=O) groups excluding carboxylic acids is 2. The predicted molar refractivity (Wildman–Crippen MR) is 172 cm³/mol. The van der Waals surface area contributed by atoms with Crippen molar-refractivity contribution in [3.63, 3.8) is 0 Å². The third-order valence-corrected chi connectivity index (χ3v) is 7.82. The third kappa shape index (κ3) is 7.16. The van der Waals surface area contributed by atoms with E-state index in [1.54, 1.807) is 6.07 Å². The van der Waals surface area contributed by atoms with Gasteiger partial charge in [0.2, 0.25) is 5.96 Å². The Bertz CT molecular complexity index is 1680. The number of carbonyl (C=O) groups is 2. The molecule has 0 spiro atoms. The van der Waals surface area contributed by atoms with Crippen molar-refractivity contribution >= 4 is 47.2 Å². The fourth-order valence-electron chi connectivity index (χ4n) is 4.86. The van der Waals surface area contributed by atoms with Gasteiger partial charge in [-0.15, -0.1) is 0 Å². The average Bonchev–Trinajstić information content (AvgIpc) is 3.24. The molecule has 1 unspecified atom stereocenters. The molecular formula is C35H31Cl2N3O3. The molecule has 1 fully saturated rings. The van der Waals surface area contributed by atoms with Gasteiger partial charge in [-0.3, -0.25) is 4.79 Å². The van der Waals surface area contributed by atoms with E-state index in [1.807, 2.05) is 86.5 Å². The van der Waals surface area contributed by atoms with Crippen LogP contribution < -0.4 is 0 Å². The molecule has 2 amide bonds. The molecule has 0 N–H and O–H groups in total. The van der Waals surface area contributed by atoms with Crippen LogP contribution in [0.1, 0.15) is 38.2 Å². The van der Waals surface area contributed by atoms with Crippen LogP contribution in [0.15, 0.2) is 108 Å². The van der Waals surface area contributed by atoms with Crippen molar-refractivity contribution in [1.29, 1.82) is 0 Å². The van der Waals surface area contributed by atoms with Crippen LogP contribution in [0.4, 0.5) is 4.79 Å². The summed E-state index contributed by atoms with van der Waals surface area (Å²) in [6.45, 7) is 4.12. The molecule has 0 radical (unpaired) electrons. The lowest BCUT2D eigenvalue weighted by Gasteiger charge is -2.20. The van der Waals surface area contributed by atoms with Crippen molar-refractivity contribution in [2.24, 2.45) is 4.99 Å². The van der Waals surface area contributed by atoms with Crippen LogP contribution in [-0.4, -0.2) is 40.8 Å². The zero-order chi connectivity index (χ0) is 30.5. The quantitative estimate of drug-likeness (QED) is 0.220. The summed E-state index contributed by atoms with van der Waals surface area (Å²) in [6.07, 6.45) is 1.86. The van der Waals surface area contributed by atoms with E-state index >= 15 is 0 Å². The van der Waals surface area contributed by atoms with Gasteiger partial charge in [0.05, 0.1) is 22.3 Å². The molecule has 1 aliphatic heterocycles. The van der Waals surface area contributed by atoms with E-state index in [9.17, 15) is 9.59 Å². The standard InChI is InChI=1S/C35H31Cl2N3O3/c1-23-9-13-25(14-10-23)19-31-32(20-26-15-11-24(2)12-16-26)40(35(42)43-22-27-7-5-4-6-8-27)34(39(31)3)38-33(41)29-18-17-28(36)21-30(29)37/h4-18,20-21,31H,19,22H2,1-3H3/b32-20-,38-34?. The highest BCUT2D eigenvalue weighted by Gasteiger charge is 2.43. The summed E-state index contributed by atoms with van der Waals surface area (Å²) in [5.41, 5.74) is 5.90. The molecule has 1 heterocycles. The summed E-state index contributed by atoms with van der Waals surface area (Å²) < 4.78 is 5.80. The molecule has 5 rings (SSSR count). The predicted octanol–water partition coefficient (Wildman–Crippen LogP) is 8.34. The second-order valence-electron chi connectivity index (χ2n) is 10.5. The Balaban J connectivity index is 1.60. The largest absolute Gasteiger partial charge is 0.444 e. The number of guanidine groups is 1. The minimum atomic E-state index is -0.644. The number of aliphatic imine (C=N–C) groups is 1. The Morgan fingerprint density at radius 3 is 2.16 bits per heavy atom. The summed E-state index contributed by atoms with van der Waals surface area (Å²) in [7, 11) is 1.82. The average molecular weight is 613 g/mol. The third-order valence-electron chi connectivity index (χ3n) is 7.27. The van der Waals surface area contributed by atoms with Crippen LogP contribution >= 0.6 is 23.2 Å². The Morgan fingerprint density at radius 2 is 1.51 bits per heavy atom. The topological polar surface area (TPSA) is 62.2 Å². The number of rotatable bonds is 6. The van der Waals surface area contributed by atoms with E-state index in [0.717, 1.165) is 27.8 Å². The molecule has 1 saturated heterocycles. The van der Waals surface area contributed by atoms with Crippen molar-refractivity contribution in [3.05, 3.63) is 146 Å². The SMILES string of the molecule is Cc1ccc(/C=C2/C(Cc3ccc(C)cc3)N(C)C(=NC(=O)c3ccc(Cl)cc3Cl)N2C(=O)OCc2ccccc2)cc1. The molecule has 1 atom stereocenters. The summed E-state index contributed by atoms with van der Waals surface area (Å²) in [6, 6.07) is 30.0. The molecule has 6 nitrogen and oxygen atoms in total. The first-order valence-electron chi connectivity index (χ1n) is 13.8. The maximum Gasteiger partial charge on any atom is 0.421 e. The summed E-state index contributed by atoms with van der Waals surface area (Å²) in [5, 5.41) is 0.576. The Kier molecular flexibility index (Phi) is 9.29. The van der Waals surface area contributed by atoms with Gasteiger partial charge < -0.3 is 9.64 Å². The first-order valence-corrected chi connectivity index (χ1v) is 14.6. The molecule has 218 valence electrons. The number of hydrogen-bond acceptors (Lipinski definition) is 3. The van der Waals surface area contributed by atoms with Gasteiger partial charge in [-0.05, 0) is 61.2 Å². The lowest BCUT2D eigenvalue weighted by atomic mass is 10.0. The number of benzene rings is 4. The van der Waals surface area contributed by atoms with Gasteiger partial charge >= 0.3 is 6.09 Å². The molecule has 4 aromatic rings. The fourth-order valence-corrected chi connectivity index (χ4v) is 5.35. The van der Waals surface area contributed by atoms with Gasteiger partial charge in [-0.2, -0.15) is 4.99 Å². The number of likely N-dealkylation sites (N-methyl/N-ethyl adjacent to an activating group) is 1. The lowest BCUT2D eigenvalue weighted by Crippen LogP contribution is -2.37. The van der Waals surface area contributed by atoms with Gasteiger partial charge in [-0.25, -0.2) is 9.69 Å². The van der Waals surface area contributed by atoms with E-state index in [4.69, 9.17) is 27.9 Å². The summed E-state index contributed by atoms with van der Waals surface area (Å²) in [5.74, 6) is -0.459. The maximum atomic E-state index is 13.9. The number of amides is 2. The van der Waals surface area contributed by atoms with E-state index in [-0.39, 0.29) is 29.2 Å². The van der Waals surface area contributed by atoms with Gasteiger partial charge in [0.1, 0.15) is 6.61 Å². The highest BCUT2D eigenvalue weighted by molar-refractivity contribution is 6.37.